The molecule has 4 heteroatoms. The lowest BCUT2D eigenvalue weighted by molar-refractivity contribution is -0.145. The van der Waals surface area contributed by atoms with Crippen LogP contribution in [-0.4, -0.2) is 18.6 Å². The molecule has 0 fully saturated rings. The number of hydrogen-bond acceptors (Lipinski definition) is 2. The highest BCUT2D eigenvalue weighted by Crippen LogP contribution is 2.35. The summed E-state index contributed by atoms with van der Waals surface area (Å²) < 4.78 is 4.70. The third kappa shape index (κ3) is 1.56. The van der Waals surface area contributed by atoms with Gasteiger partial charge in [0, 0.05) is 5.02 Å². The number of ether oxygens (including phenoxy) is 1. The van der Waals surface area contributed by atoms with Gasteiger partial charge in [0.1, 0.15) is 0 Å². The number of carbonyl (C=O) groups is 1. The number of carbonyl (C=O) groups excluding carboxylic acids is 1. The predicted octanol–water partition coefficient (Wildman–Crippen LogP) is 2.27. The first-order valence-corrected chi connectivity index (χ1v) is 5.23. The average molecular weight is 236 g/mol. The van der Waals surface area contributed by atoms with Crippen LogP contribution in [-0.2, 0) is 22.4 Å². The van der Waals surface area contributed by atoms with E-state index in [-0.39, 0.29) is 0 Å². The summed E-state index contributed by atoms with van der Waals surface area (Å²) in [6.07, 6.45) is 0.800. The van der Waals surface area contributed by atoms with Crippen molar-refractivity contribution in [2.75, 3.05) is 7.11 Å². The highest BCUT2D eigenvalue weighted by molar-refractivity contribution is 6.30. The Morgan fingerprint density at radius 3 is 2.81 bits per heavy atom. The quantitative estimate of drug-likeness (QED) is 0.552. The van der Waals surface area contributed by atoms with Crippen LogP contribution in [0, 0.1) is 6.57 Å². The summed E-state index contributed by atoms with van der Waals surface area (Å²) in [5.41, 5.74) is 0.890. The first kappa shape index (κ1) is 11.0. The zero-order chi connectivity index (χ0) is 11.8. The smallest absolute Gasteiger partial charge is 0.393 e. The van der Waals surface area contributed by atoms with E-state index in [1.807, 2.05) is 12.1 Å². The Morgan fingerprint density at radius 1 is 1.50 bits per heavy atom. The van der Waals surface area contributed by atoms with Gasteiger partial charge in [0.25, 0.3) is 0 Å². The second kappa shape index (κ2) is 3.80. The van der Waals surface area contributed by atoms with Crippen molar-refractivity contribution < 1.29 is 9.53 Å². The van der Waals surface area contributed by atoms with Crippen molar-refractivity contribution in [3.63, 3.8) is 0 Å². The molecule has 0 aromatic heterocycles. The van der Waals surface area contributed by atoms with E-state index >= 15 is 0 Å². The van der Waals surface area contributed by atoms with Gasteiger partial charge in [-0.2, -0.15) is 0 Å². The SMILES string of the molecule is [C-]#[N+]C1(C(=O)OC)Cc2ccc(Cl)cc2C1. The molecule has 0 radical (unpaired) electrons. The number of rotatable bonds is 1. The van der Waals surface area contributed by atoms with Gasteiger partial charge in [0.15, 0.2) is 0 Å². The van der Waals surface area contributed by atoms with Gasteiger partial charge in [-0.25, -0.2) is 11.4 Å². The topological polar surface area (TPSA) is 30.7 Å². The highest BCUT2D eigenvalue weighted by Gasteiger charge is 2.51. The molecule has 0 saturated carbocycles. The summed E-state index contributed by atoms with van der Waals surface area (Å²) in [7, 11) is 1.31. The molecule has 0 spiro atoms. The van der Waals surface area contributed by atoms with Gasteiger partial charge >= 0.3 is 11.5 Å². The minimum absolute atomic E-state index is 0.388. The summed E-state index contributed by atoms with van der Waals surface area (Å²) in [5, 5.41) is 0.629. The number of fused-ring (bicyclic) bond motifs is 1. The summed E-state index contributed by atoms with van der Waals surface area (Å²) in [6.45, 7) is 7.20. The molecule has 0 heterocycles. The average Bonchev–Trinajstić information content (AvgIpc) is 2.67. The standard InChI is InChI=1S/C12H10ClNO2/c1-14-12(11(15)16-2)6-8-3-4-10(13)5-9(8)7-12/h3-5H,6-7H2,2H3. The van der Waals surface area contributed by atoms with E-state index in [1.54, 1.807) is 6.07 Å². The van der Waals surface area contributed by atoms with Gasteiger partial charge in [0.05, 0.1) is 20.0 Å². The Hall–Kier alpha value is -1.53. The summed E-state index contributed by atoms with van der Waals surface area (Å²) in [5.74, 6) is -0.463. The van der Waals surface area contributed by atoms with Crippen LogP contribution < -0.4 is 0 Å². The minimum atomic E-state index is -1.08. The monoisotopic (exact) mass is 235 g/mol. The van der Waals surface area contributed by atoms with Crippen molar-refractivity contribution in [3.8, 4) is 0 Å². The van der Waals surface area contributed by atoms with Gasteiger partial charge in [-0.1, -0.05) is 17.7 Å². The van der Waals surface area contributed by atoms with Crippen LogP contribution >= 0.6 is 11.6 Å². The van der Waals surface area contributed by atoms with Crippen molar-refractivity contribution in [2.24, 2.45) is 0 Å². The van der Waals surface area contributed by atoms with E-state index in [9.17, 15) is 4.79 Å². The van der Waals surface area contributed by atoms with Crippen LogP contribution in [0.4, 0.5) is 0 Å². The van der Waals surface area contributed by atoms with Crippen LogP contribution in [0.5, 0.6) is 0 Å². The highest BCUT2D eigenvalue weighted by atomic mass is 35.5. The Morgan fingerprint density at radius 2 is 2.19 bits per heavy atom. The number of hydrogen-bond donors (Lipinski definition) is 0. The maximum atomic E-state index is 11.7. The Bertz CT molecular complexity index is 492. The van der Waals surface area contributed by atoms with Crippen LogP contribution in [0.2, 0.25) is 5.02 Å². The van der Waals surface area contributed by atoms with Gasteiger partial charge < -0.3 is 4.74 Å². The third-order valence-corrected chi connectivity index (χ3v) is 3.15. The van der Waals surface area contributed by atoms with Gasteiger partial charge in [-0.3, -0.25) is 4.85 Å². The molecule has 1 aliphatic rings. The summed E-state index contributed by atoms with van der Waals surface area (Å²) in [4.78, 5) is 15.1. The fraction of sp³-hybridized carbons (Fsp3) is 0.333. The molecule has 3 nitrogen and oxygen atoms in total. The van der Waals surface area contributed by atoms with E-state index in [0.29, 0.717) is 17.9 Å². The molecule has 82 valence electrons. The van der Waals surface area contributed by atoms with Gasteiger partial charge in [0.2, 0.25) is 0 Å². The molecule has 1 aromatic rings. The number of esters is 1. The number of halogens is 1. The van der Waals surface area contributed by atoms with E-state index in [2.05, 4.69) is 4.85 Å². The first-order chi connectivity index (χ1) is 7.61. The van der Waals surface area contributed by atoms with Crippen LogP contribution in [0.25, 0.3) is 4.85 Å². The molecule has 1 atom stereocenters. The van der Waals surface area contributed by atoms with Crippen molar-refractivity contribution in [1.29, 1.82) is 0 Å². The molecule has 0 N–H and O–H groups in total. The normalized spacial score (nSPS) is 22.3. The zero-order valence-electron chi connectivity index (χ0n) is 8.79. The lowest BCUT2D eigenvalue weighted by Gasteiger charge is -2.11. The van der Waals surface area contributed by atoms with E-state index in [0.717, 1.165) is 11.1 Å². The predicted molar refractivity (Wildman–Crippen MR) is 60.2 cm³/mol. The van der Waals surface area contributed by atoms with Crippen molar-refractivity contribution in [2.45, 2.75) is 18.4 Å². The molecule has 0 bridgehead atoms. The second-order valence-corrected chi connectivity index (χ2v) is 4.34. The largest absolute Gasteiger partial charge is 0.463 e. The molecule has 1 aromatic carbocycles. The molecule has 1 aliphatic carbocycles. The molecular weight excluding hydrogens is 226 g/mol. The van der Waals surface area contributed by atoms with Crippen molar-refractivity contribution in [1.82, 2.24) is 0 Å². The second-order valence-electron chi connectivity index (χ2n) is 3.90. The molecular formula is C12H10ClNO2. The van der Waals surface area contributed by atoms with E-state index < -0.39 is 11.5 Å². The van der Waals surface area contributed by atoms with Gasteiger partial charge in [-0.05, 0) is 23.3 Å². The minimum Gasteiger partial charge on any atom is -0.463 e. The molecule has 0 saturated heterocycles. The summed E-state index contributed by atoms with van der Waals surface area (Å²) in [6, 6.07) is 5.46. The molecule has 16 heavy (non-hydrogen) atoms. The fourth-order valence-electron chi connectivity index (χ4n) is 2.08. The maximum absolute atomic E-state index is 11.7. The Balaban J connectivity index is 2.40. The number of benzene rings is 1. The zero-order valence-corrected chi connectivity index (χ0v) is 9.54. The maximum Gasteiger partial charge on any atom is 0.393 e. The molecule has 2 rings (SSSR count). The van der Waals surface area contributed by atoms with Crippen molar-refractivity contribution in [3.05, 3.63) is 45.8 Å². The number of nitrogens with zero attached hydrogens (tertiary/aromatic N) is 1. The van der Waals surface area contributed by atoms with Crippen LogP contribution in [0.15, 0.2) is 18.2 Å². The number of methoxy groups -OCH3 is 1. The van der Waals surface area contributed by atoms with E-state index in [1.165, 1.54) is 7.11 Å². The lowest BCUT2D eigenvalue weighted by Crippen LogP contribution is -2.37. The Kier molecular flexibility index (Phi) is 2.61. The van der Waals surface area contributed by atoms with Gasteiger partial charge in [-0.15, -0.1) is 0 Å². The molecule has 1 unspecified atom stereocenters. The van der Waals surface area contributed by atoms with Crippen LogP contribution in [0.1, 0.15) is 11.1 Å². The van der Waals surface area contributed by atoms with E-state index in [4.69, 9.17) is 22.9 Å². The summed E-state index contributed by atoms with van der Waals surface area (Å²) >= 11 is 5.88. The fourth-order valence-corrected chi connectivity index (χ4v) is 2.28. The van der Waals surface area contributed by atoms with Crippen molar-refractivity contribution >= 4 is 17.6 Å². The van der Waals surface area contributed by atoms with Crippen LogP contribution in [0.3, 0.4) is 0 Å². The first-order valence-electron chi connectivity index (χ1n) is 4.85. The molecule has 0 amide bonds. The third-order valence-electron chi connectivity index (χ3n) is 2.91. The Labute approximate surface area is 98.8 Å². The molecule has 0 aliphatic heterocycles. The lowest BCUT2D eigenvalue weighted by atomic mass is 9.97.